The van der Waals surface area contributed by atoms with E-state index in [9.17, 15) is 14.4 Å². The van der Waals surface area contributed by atoms with E-state index in [1.165, 1.54) is 4.90 Å². The fourth-order valence-electron chi connectivity index (χ4n) is 1.58. The first-order valence-corrected chi connectivity index (χ1v) is 5.99. The standard InChI is InChI=1S/C12H22N2O4/c1-8(2)7-14(4)12(18)13-10(15)5-9(3)6-11(16)17/h8-9H,5-7H2,1-4H3,(H,16,17)(H,13,15,18). The molecule has 1 unspecified atom stereocenters. The van der Waals surface area contributed by atoms with Gasteiger partial charge in [-0.05, 0) is 11.8 Å². The Morgan fingerprint density at radius 2 is 1.72 bits per heavy atom. The molecule has 0 rings (SSSR count). The highest BCUT2D eigenvalue weighted by atomic mass is 16.4. The molecule has 18 heavy (non-hydrogen) atoms. The molecule has 3 amide bonds. The van der Waals surface area contributed by atoms with Crippen molar-refractivity contribution in [2.75, 3.05) is 13.6 Å². The van der Waals surface area contributed by atoms with Crippen molar-refractivity contribution in [2.24, 2.45) is 11.8 Å². The number of amides is 3. The van der Waals surface area contributed by atoms with Gasteiger partial charge in [-0.15, -0.1) is 0 Å². The molecule has 0 saturated heterocycles. The summed E-state index contributed by atoms with van der Waals surface area (Å²) in [6.07, 6.45) is -0.0446. The van der Waals surface area contributed by atoms with Crippen LogP contribution in [0.3, 0.4) is 0 Å². The van der Waals surface area contributed by atoms with Crippen molar-refractivity contribution >= 4 is 17.9 Å². The highest BCUT2D eigenvalue weighted by Gasteiger charge is 2.17. The Bertz CT molecular complexity index is 315. The zero-order chi connectivity index (χ0) is 14.3. The summed E-state index contributed by atoms with van der Waals surface area (Å²) in [6, 6.07) is -0.448. The van der Waals surface area contributed by atoms with Crippen molar-refractivity contribution in [3.63, 3.8) is 0 Å². The van der Waals surface area contributed by atoms with E-state index >= 15 is 0 Å². The molecule has 2 N–H and O–H groups in total. The zero-order valence-corrected chi connectivity index (χ0v) is 11.4. The van der Waals surface area contributed by atoms with E-state index in [1.54, 1.807) is 14.0 Å². The number of nitrogens with zero attached hydrogens (tertiary/aromatic N) is 1. The third kappa shape index (κ3) is 7.65. The van der Waals surface area contributed by atoms with Gasteiger partial charge in [0.2, 0.25) is 5.91 Å². The van der Waals surface area contributed by atoms with Crippen LogP contribution in [0.4, 0.5) is 4.79 Å². The lowest BCUT2D eigenvalue weighted by Gasteiger charge is -2.19. The van der Waals surface area contributed by atoms with Gasteiger partial charge in [-0.2, -0.15) is 0 Å². The van der Waals surface area contributed by atoms with Gasteiger partial charge < -0.3 is 10.0 Å². The van der Waals surface area contributed by atoms with Gasteiger partial charge in [0, 0.05) is 26.4 Å². The van der Waals surface area contributed by atoms with Gasteiger partial charge in [0.25, 0.3) is 0 Å². The van der Waals surface area contributed by atoms with Crippen LogP contribution in [0, 0.1) is 11.8 Å². The van der Waals surface area contributed by atoms with Crippen LogP contribution in [-0.2, 0) is 9.59 Å². The number of nitrogens with one attached hydrogen (secondary N) is 1. The smallest absolute Gasteiger partial charge is 0.323 e. The number of rotatable bonds is 6. The van der Waals surface area contributed by atoms with Crippen molar-refractivity contribution in [2.45, 2.75) is 33.6 Å². The largest absolute Gasteiger partial charge is 0.481 e. The molecule has 0 aliphatic heterocycles. The molecule has 0 fully saturated rings. The van der Waals surface area contributed by atoms with Gasteiger partial charge in [-0.3, -0.25) is 14.9 Å². The summed E-state index contributed by atoms with van der Waals surface area (Å²) < 4.78 is 0. The second-order valence-corrected chi connectivity index (χ2v) is 5.03. The minimum atomic E-state index is -0.946. The van der Waals surface area contributed by atoms with Crippen molar-refractivity contribution in [3.8, 4) is 0 Å². The number of carboxylic acids is 1. The van der Waals surface area contributed by atoms with Crippen LogP contribution in [0.25, 0.3) is 0 Å². The van der Waals surface area contributed by atoms with Crippen molar-refractivity contribution in [1.29, 1.82) is 0 Å². The molecule has 1 atom stereocenters. The van der Waals surface area contributed by atoms with E-state index < -0.39 is 17.9 Å². The number of carbonyl (C=O) groups is 3. The zero-order valence-electron chi connectivity index (χ0n) is 11.4. The summed E-state index contributed by atoms with van der Waals surface area (Å²) in [5, 5.41) is 10.8. The molecular weight excluding hydrogens is 236 g/mol. The monoisotopic (exact) mass is 258 g/mol. The minimum absolute atomic E-state index is 0.0353. The maximum absolute atomic E-state index is 11.6. The lowest BCUT2D eigenvalue weighted by molar-refractivity contribution is -0.138. The van der Waals surface area contributed by atoms with E-state index in [2.05, 4.69) is 5.32 Å². The summed E-state index contributed by atoms with van der Waals surface area (Å²) in [5.74, 6) is -1.35. The number of aliphatic carboxylic acids is 1. The highest BCUT2D eigenvalue weighted by molar-refractivity contribution is 5.94. The fraction of sp³-hybridized carbons (Fsp3) is 0.750. The topological polar surface area (TPSA) is 86.7 Å². The van der Waals surface area contributed by atoms with E-state index in [1.807, 2.05) is 13.8 Å². The number of carbonyl (C=O) groups excluding carboxylic acids is 2. The quantitative estimate of drug-likeness (QED) is 0.752. The number of carboxylic acid groups (broad SMARTS) is 1. The molecule has 0 bridgehead atoms. The molecule has 6 heteroatoms. The third-order valence-corrected chi connectivity index (χ3v) is 2.29. The number of hydrogen-bond acceptors (Lipinski definition) is 3. The molecule has 104 valence electrons. The van der Waals surface area contributed by atoms with Crippen LogP contribution in [0.15, 0.2) is 0 Å². The normalized spacial score (nSPS) is 12.1. The molecular formula is C12H22N2O4. The Morgan fingerprint density at radius 1 is 1.17 bits per heavy atom. The molecule has 0 aromatic carbocycles. The molecule has 0 aromatic heterocycles. The lowest BCUT2D eigenvalue weighted by Crippen LogP contribution is -2.42. The van der Waals surface area contributed by atoms with Gasteiger partial charge in [0.1, 0.15) is 0 Å². The van der Waals surface area contributed by atoms with Crippen LogP contribution < -0.4 is 5.32 Å². The van der Waals surface area contributed by atoms with Crippen LogP contribution in [0.2, 0.25) is 0 Å². The lowest BCUT2D eigenvalue weighted by atomic mass is 10.0. The minimum Gasteiger partial charge on any atom is -0.481 e. The van der Waals surface area contributed by atoms with Crippen LogP contribution in [0.1, 0.15) is 33.6 Å². The first kappa shape index (κ1) is 16.4. The molecule has 0 aromatic rings. The fourth-order valence-corrected chi connectivity index (χ4v) is 1.58. The Kier molecular flexibility index (Phi) is 7.00. The molecule has 0 aliphatic rings. The van der Waals surface area contributed by atoms with Crippen LogP contribution >= 0.6 is 0 Å². The van der Waals surface area contributed by atoms with E-state index in [-0.39, 0.29) is 18.8 Å². The Labute approximate surface area is 107 Å². The second kappa shape index (κ2) is 7.68. The summed E-state index contributed by atoms with van der Waals surface area (Å²) in [5.41, 5.74) is 0. The Hall–Kier alpha value is -1.59. The average Bonchev–Trinajstić information content (AvgIpc) is 2.13. The van der Waals surface area contributed by atoms with Gasteiger partial charge >= 0.3 is 12.0 Å². The first-order chi connectivity index (χ1) is 8.22. The van der Waals surface area contributed by atoms with E-state index in [4.69, 9.17) is 5.11 Å². The summed E-state index contributed by atoms with van der Waals surface area (Å²) in [7, 11) is 1.61. The van der Waals surface area contributed by atoms with Gasteiger partial charge in [-0.25, -0.2) is 4.79 Å². The van der Waals surface area contributed by atoms with Gasteiger partial charge in [0.05, 0.1) is 0 Å². The van der Waals surface area contributed by atoms with Gasteiger partial charge in [0.15, 0.2) is 0 Å². The Balaban J connectivity index is 4.08. The first-order valence-electron chi connectivity index (χ1n) is 5.99. The summed E-state index contributed by atoms with van der Waals surface area (Å²) >= 11 is 0. The maximum atomic E-state index is 11.6. The van der Waals surface area contributed by atoms with Crippen molar-refractivity contribution < 1.29 is 19.5 Å². The summed E-state index contributed by atoms with van der Waals surface area (Å²) in [4.78, 5) is 34.9. The second-order valence-electron chi connectivity index (χ2n) is 5.03. The number of imide groups is 1. The average molecular weight is 258 g/mol. The van der Waals surface area contributed by atoms with Crippen LogP contribution in [-0.4, -0.2) is 41.5 Å². The molecule has 0 aliphatic carbocycles. The molecule has 0 spiro atoms. The SMILES string of the molecule is CC(C)CN(C)C(=O)NC(=O)CC(C)CC(=O)O. The molecule has 6 nitrogen and oxygen atoms in total. The van der Waals surface area contributed by atoms with Crippen molar-refractivity contribution in [3.05, 3.63) is 0 Å². The number of hydrogen-bond donors (Lipinski definition) is 2. The van der Waals surface area contributed by atoms with E-state index in [0.29, 0.717) is 12.5 Å². The predicted molar refractivity (Wildman–Crippen MR) is 67.0 cm³/mol. The van der Waals surface area contributed by atoms with Crippen LogP contribution in [0.5, 0.6) is 0 Å². The Morgan fingerprint density at radius 3 is 2.17 bits per heavy atom. The summed E-state index contributed by atoms with van der Waals surface area (Å²) in [6.45, 7) is 6.17. The van der Waals surface area contributed by atoms with Crippen molar-refractivity contribution in [1.82, 2.24) is 10.2 Å². The molecule has 0 saturated carbocycles. The number of urea groups is 1. The van der Waals surface area contributed by atoms with E-state index in [0.717, 1.165) is 0 Å². The predicted octanol–water partition coefficient (Wildman–Crippen LogP) is 1.31. The molecule has 0 heterocycles. The third-order valence-electron chi connectivity index (χ3n) is 2.29. The maximum Gasteiger partial charge on any atom is 0.323 e. The molecule has 0 radical (unpaired) electrons. The van der Waals surface area contributed by atoms with Gasteiger partial charge in [-0.1, -0.05) is 20.8 Å². The highest BCUT2D eigenvalue weighted by Crippen LogP contribution is 2.07.